The summed E-state index contributed by atoms with van der Waals surface area (Å²) in [5, 5.41) is 9.60. The second-order valence-corrected chi connectivity index (χ2v) is 5.08. The molecule has 0 aliphatic heterocycles. The van der Waals surface area contributed by atoms with Crippen LogP contribution >= 0.6 is 0 Å². The number of nitrogens with one attached hydrogen (secondary N) is 2. The van der Waals surface area contributed by atoms with Crippen LogP contribution in [0.15, 0.2) is 12.4 Å². The van der Waals surface area contributed by atoms with Crippen molar-refractivity contribution < 1.29 is 4.79 Å². The van der Waals surface area contributed by atoms with Crippen LogP contribution in [0.2, 0.25) is 0 Å². The Bertz CT molecular complexity index is 616. The fourth-order valence-electron chi connectivity index (χ4n) is 1.91. The van der Waals surface area contributed by atoms with E-state index in [1.54, 1.807) is 12.4 Å². The molecule has 7 nitrogen and oxygen atoms in total. The first-order chi connectivity index (χ1) is 9.63. The fraction of sp³-hybridized carbons (Fsp3) is 0.462. The van der Waals surface area contributed by atoms with Gasteiger partial charge in [-0.1, -0.05) is 0 Å². The second-order valence-electron chi connectivity index (χ2n) is 5.08. The minimum atomic E-state index is -0.268. The molecular weight excluding hydrogens is 256 g/mol. The van der Waals surface area contributed by atoms with E-state index < -0.39 is 0 Å². The number of aromatic amines is 1. The van der Waals surface area contributed by atoms with Gasteiger partial charge in [-0.3, -0.25) is 9.89 Å². The Morgan fingerprint density at radius 1 is 1.40 bits per heavy atom. The van der Waals surface area contributed by atoms with E-state index in [1.165, 1.54) is 0 Å². The normalized spacial score (nSPS) is 15.9. The molecule has 2 aromatic heterocycles. The van der Waals surface area contributed by atoms with Crippen LogP contribution in [-0.4, -0.2) is 31.1 Å². The van der Waals surface area contributed by atoms with Gasteiger partial charge in [-0.05, 0) is 26.7 Å². The van der Waals surface area contributed by atoms with Crippen molar-refractivity contribution in [3.63, 3.8) is 0 Å². The third-order valence-electron chi connectivity index (χ3n) is 3.23. The third kappa shape index (κ3) is 2.66. The topological polar surface area (TPSA) is 96.5 Å². The molecule has 1 aliphatic carbocycles. The lowest BCUT2D eigenvalue weighted by molar-refractivity contribution is 0.0937. The van der Waals surface area contributed by atoms with Gasteiger partial charge in [-0.2, -0.15) is 5.10 Å². The van der Waals surface area contributed by atoms with Crippen molar-refractivity contribution >= 4 is 5.91 Å². The standard InChI is InChI=1S/C13H16N6O/c1-7(11-17-8(2)18-19-11)16-13(20)10-5-14-12(15-6-10)9-3-4-9/h5-7,9H,3-4H2,1-2H3,(H,16,20)(H,17,18,19)/t7-/m0/s1. The molecule has 2 N–H and O–H groups in total. The molecule has 0 unspecified atom stereocenters. The fourth-order valence-corrected chi connectivity index (χ4v) is 1.91. The largest absolute Gasteiger partial charge is 0.342 e. The summed E-state index contributed by atoms with van der Waals surface area (Å²) in [6.07, 6.45) is 5.44. The Labute approximate surface area is 116 Å². The number of carbonyl (C=O) groups excluding carboxylic acids is 1. The molecule has 0 radical (unpaired) electrons. The number of rotatable bonds is 4. The Morgan fingerprint density at radius 3 is 2.65 bits per heavy atom. The number of aryl methyl sites for hydroxylation is 1. The lowest BCUT2D eigenvalue weighted by Gasteiger charge is -2.10. The minimum Gasteiger partial charge on any atom is -0.342 e. The average molecular weight is 272 g/mol. The van der Waals surface area contributed by atoms with E-state index in [0.29, 0.717) is 17.3 Å². The predicted molar refractivity (Wildman–Crippen MR) is 71.0 cm³/mol. The van der Waals surface area contributed by atoms with E-state index in [-0.39, 0.29) is 11.9 Å². The quantitative estimate of drug-likeness (QED) is 0.873. The number of hydrogen-bond donors (Lipinski definition) is 2. The maximum absolute atomic E-state index is 12.1. The van der Waals surface area contributed by atoms with Crippen LogP contribution in [0.1, 0.15) is 59.6 Å². The summed E-state index contributed by atoms with van der Waals surface area (Å²) >= 11 is 0. The van der Waals surface area contributed by atoms with Gasteiger partial charge in [0, 0.05) is 18.3 Å². The van der Waals surface area contributed by atoms with Gasteiger partial charge in [0.15, 0.2) is 5.82 Å². The van der Waals surface area contributed by atoms with Crippen LogP contribution in [0.25, 0.3) is 0 Å². The number of nitrogens with zero attached hydrogens (tertiary/aromatic N) is 4. The molecule has 2 heterocycles. The van der Waals surface area contributed by atoms with Crippen molar-refractivity contribution in [1.82, 2.24) is 30.5 Å². The van der Waals surface area contributed by atoms with Gasteiger partial charge >= 0.3 is 0 Å². The predicted octanol–water partition coefficient (Wildman–Crippen LogP) is 1.27. The Balaban J connectivity index is 1.66. The lowest BCUT2D eigenvalue weighted by atomic mass is 10.2. The summed E-state index contributed by atoms with van der Waals surface area (Å²) < 4.78 is 0. The number of amides is 1. The van der Waals surface area contributed by atoms with Crippen LogP contribution < -0.4 is 5.32 Å². The molecule has 1 fully saturated rings. The number of H-pyrrole nitrogens is 1. The van der Waals surface area contributed by atoms with Crippen molar-refractivity contribution in [1.29, 1.82) is 0 Å². The van der Waals surface area contributed by atoms with Gasteiger partial charge in [0.1, 0.15) is 11.6 Å². The van der Waals surface area contributed by atoms with Gasteiger partial charge < -0.3 is 5.32 Å². The number of aromatic nitrogens is 5. The smallest absolute Gasteiger partial charge is 0.254 e. The minimum absolute atomic E-state index is 0.220. The summed E-state index contributed by atoms with van der Waals surface area (Å²) in [7, 11) is 0. The van der Waals surface area contributed by atoms with E-state index in [9.17, 15) is 4.79 Å². The van der Waals surface area contributed by atoms with Crippen LogP contribution in [0.5, 0.6) is 0 Å². The maximum atomic E-state index is 12.1. The van der Waals surface area contributed by atoms with Crippen LogP contribution in [-0.2, 0) is 0 Å². The van der Waals surface area contributed by atoms with Crippen molar-refractivity contribution in [2.75, 3.05) is 0 Å². The van der Waals surface area contributed by atoms with E-state index >= 15 is 0 Å². The molecule has 1 saturated carbocycles. The van der Waals surface area contributed by atoms with Crippen LogP contribution in [0, 0.1) is 6.92 Å². The van der Waals surface area contributed by atoms with Gasteiger partial charge in [-0.25, -0.2) is 15.0 Å². The second kappa shape index (κ2) is 4.99. The van der Waals surface area contributed by atoms with E-state index in [4.69, 9.17) is 0 Å². The van der Waals surface area contributed by atoms with Crippen molar-refractivity contribution in [3.8, 4) is 0 Å². The van der Waals surface area contributed by atoms with Gasteiger partial charge in [-0.15, -0.1) is 0 Å². The van der Waals surface area contributed by atoms with Gasteiger partial charge in [0.05, 0.1) is 11.6 Å². The monoisotopic (exact) mass is 272 g/mol. The first-order valence-electron chi connectivity index (χ1n) is 6.65. The van der Waals surface area contributed by atoms with E-state index in [0.717, 1.165) is 24.5 Å². The van der Waals surface area contributed by atoms with Crippen LogP contribution in [0.4, 0.5) is 0 Å². The zero-order chi connectivity index (χ0) is 14.1. The molecule has 104 valence electrons. The molecule has 20 heavy (non-hydrogen) atoms. The van der Waals surface area contributed by atoms with Gasteiger partial charge in [0.25, 0.3) is 5.91 Å². The SMILES string of the molecule is Cc1nc([C@H](C)NC(=O)c2cnc(C3CC3)nc2)n[nH]1. The molecule has 1 amide bonds. The molecule has 0 saturated heterocycles. The highest BCUT2D eigenvalue weighted by Gasteiger charge is 2.26. The highest BCUT2D eigenvalue weighted by Crippen LogP contribution is 2.37. The summed E-state index contributed by atoms with van der Waals surface area (Å²) in [4.78, 5) is 24.7. The molecule has 2 aromatic rings. The highest BCUT2D eigenvalue weighted by atomic mass is 16.1. The highest BCUT2D eigenvalue weighted by molar-refractivity contribution is 5.93. The molecule has 1 aliphatic rings. The lowest BCUT2D eigenvalue weighted by Crippen LogP contribution is -2.27. The maximum Gasteiger partial charge on any atom is 0.254 e. The molecule has 1 atom stereocenters. The zero-order valence-corrected chi connectivity index (χ0v) is 11.4. The molecule has 3 rings (SSSR count). The molecule has 0 spiro atoms. The first-order valence-corrected chi connectivity index (χ1v) is 6.65. The summed E-state index contributed by atoms with van der Waals surface area (Å²) in [5.41, 5.74) is 0.452. The van der Waals surface area contributed by atoms with E-state index in [1.807, 2.05) is 13.8 Å². The van der Waals surface area contributed by atoms with Crippen molar-refractivity contribution in [3.05, 3.63) is 35.4 Å². The summed E-state index contributed by atoms with van der Waals surface area (Å²) in [6, 6.07) is -0.268. The summed E-state index contributed by atoms with van der Waals surface area (Å²) in [5.74, 6) is 2.38. The third-order valence-corrected chi connectivity index (χ3v) is 3.23. The van der Waals surface area contributed by atoms with Crippen molar-refractivity contribution in [2.24, 2.45) is 0 Å². The Hall–Kier alpha value is -2.31. The number of carbonyl (C=O) groups is 1. The zero-order valence-electron chi connectivity index (χ0n) is 11.4. The first kappa shape index (κ1) is 12.7. The Kier molecular flexibility index (Phi) is 3.17. The molecular formula is C13H16N6O. The van der Waals surface area contributed by atoms with Gasteiger partial charge in [0.2, 0.25) is 0 Å². The summed E-state index contributed by atoms with van der Waals surface area (Å²) in [6.45, 7) is 3.65. The van der Waals surface area contributed by atoms with Crippen LogP contribution in [0.3, 0.4) is 0 Å². The Morgan fingerprint density at radius 2 is 2.10 bits per heavy atom. The number of hydrogen-bond acceptors (Lipinski definition) is 5. The molecule has 0 aromatic carbocycles. The molecule has 7 heteroatoms. The van der Waals surface area contributed by atoms with Crippen molar-refractivity contribution in [2.45, 2.75) is 38.6 Å². The average Bonchev–Trinajstić information content (AvgIpc) is 3.20. The molecule has 0 bridgehead atoms. The van der Waals surface area contributed by atoms with E-state index in [2.05, 4.69) is 30.5 Å².